The zero-order valence-electron chi connectivity index (χ0n) is 19.5. The number of carbonyl (C=O) groups excluding carboxylic acids is 2. The van der Waals surface area contributed by atoms with Crippen molar-refractivity contribution in [3.63, 3.8) is 0 Å². The lowest BCUT2D eigenvalue weighted by Gasteiger charge is -2.12. The van der Waals surface area contributed by atoms with E-state index in [-0.39, 0.29) is 21.9 Å². The number of carbonyl (C=O) groups is 2. The third-order valence-electron chi connectivity index (χ3n) is 5.09. The number of sulfonamides is 1. The zero-order chi connectivity index (χ0) is 27.1. The van der Waals surface area contributed by atoms with E-state index in [0.29, 0.717) is 20.6 Å². The van der Waals surface area contributed by atoms with Gasteiger partial charge in [0, 0.05) is 15.1 Å². The number of hydrogen-bond donors (Lipinski definition) is 2. The standard InChI is InChI=1S/C27H19BrClN3O5S/c28-20-10-15-25(37-27(34)18-6-2-1-3-7-18)19(16-20)17-30-31-26(33)23-8-4-5-9-24(23)32-38(35,36)22-13-11-21(29)12-14-22/h1-17,32H,(H,31,33). The number of hydrazone groups is 1. The first kappa shape index (κ1) is 27.1. The lowest BCUT2D eigenvalue weighted by atomic mass is 10.2. The maximum atomic E-state index is 12.9. The number of benzene rings is 4. The molecule has 0 fully saturated rings. The number of nitrogens with one attached hydrogen (secondary N) is 2. The van der Waals surface area contributed by atoms with Crippen LogP contribution < -0.4 is 14.9 Å². The first-order valence-corrected chi connectivity index (χ1v) is 13.7. The minimum atomic E-state index is -3.98. The second-order valence-corrected chi connectivity index (χ2v) is 10.8. The van der Waals surface area contributed by atoms with Crippen LogP contribution in [-0.2, 0) is 10.0 Å². The average molecular weight is 613 g/mol. The molecule has 0 atom stereocenters. The van der Waals surface area contributed by atoms with E-state index in [1.165, 1.54) is 42.6 Å². The van der Waals surface area contributed by atoms with Crippen LogP contribution in [0.5, 0.6) is 5.75 Å². The van der Waals surface area contributed by atoms with E-state index in [1.54, 1.807) is 60.7 Å². The molecule has 192 valence electrons. The number of rotatable bonds is 8. The van der Waals surface area contributed by atoms with Crippen molar-refractivity contribution in [3.05, 3.63) is 123 Å². The number of ether oxygens (including phenoxy) is 1. The lowest BCUT2D eigenvalue weighted by Crippen LogP contribution is -2.21. The summed E-state index contributed by atoms with van der Waals surface area (Å²) in [5.41, 5.74) is 3.28. The molecule has 0 saturated carbocycles. The van der Waals surface area contributed by atoms with Crippen molar-refractivity contribution in [1.82, 2.24) is 5.43 Å². The maximum Gasteiger partial charge on any atom is 0.343 e. The van der Waals surface area contributed by atoms with Gasteiger partial charge in [-0.15, -0.1) is 0 Å². The van der Waals surface area contributed by atoms with Gasteiger partial charge in [-0.1, -0.05) is 57.9 Å². The fourth-order valence-corrected chi connectivity index (χ4v) is 4.84. The van der Waals surface area contributed by atoms with Crippen LogP contribution in [0, 0.1) is 0 Å². The van der Waals surface area contributed by atoms with Gasteiger partial charge in [0.25, 0.3) is 15.9 Å². The summed E-state index contributed by atoms with van der Waals surface area (Å²) in [6.45, 7) is 0. The molecule has 1 amide bonds. The summed E-state index contributed by atoms with van der Waals surface area (Å²) < 4.78 is 34.2. The van der Waals surface area contributed by atoms with E-state index < -0.39 is 21.9 Å². The third-order valence-corrected chi connectivity index (χ3v) is 7.22. The lowest BCUT2D eigenvalue weighted by molar-refractivity contribution is 0.0734. The highest BCUT2D eigenvalue weighted by molar-refractivity contribution is 9.10. The molecule has 0 unspecified atom stereocenters. The second kappa shape index (κ2) is 12.0. The number of nitrogens with zero attached hydrogens (tertiary/aromatic N) is 1. The topological polar surface area (TPSA) is 114 Å². The molecule has 0 radical (unpaired) electrons. The fourth-order valence-electron chi connectivity index (χ4n) is 3.25. The van der Waals surface area contributed by atoms with Crippen molar-refractivity contribution in [1.29, 1.82) is 0 Å². The van der Waals surface area contributed by atoms with Crippen molar-refractivity contribution in [3.8, 4) is 5.75 Å². The highest BCUT2D eigenvalue weighted by Crippen LogP contribution is 2.24. The molecule has 0 aliphatic carbocycles. The van der Waals surface area contributed by atoms with Gasteiger partial charge in [0.2, 0.25) is 0 Å². The smallest absolute Gasteiger partial charge is 0.343 e. The second-order valence-electron chi connectivity index (χ2n) is 7.74. The molecule has 0 spiro atoms. The fraction of sp³-hybridized carbons (Fsp3) is 0. The predicted octanol–water partition coefficient (Wildman–Crippen LogP) is 5.89. The molecule has 11 heteroatoms. The van der Waals surface area contributed by atoms with Gasteiger partial charge in [-0.2, -0.15) is 5.10 Å². The highest BCUT2D eigenvalue weighted by Gasteiger charge is 2.18. The zero-order valence-corrected chi connectivity index (χ0v) is 22.6. The Bertz CT molecular complexity index is 1610. The Morgan fingerprint density at radius 1 is 0.895 bits per heavy atom. The molecule has 8 nitrogen and oxygen atoms in total. The minimum Gasteiger partial charge on any atom is -0.422 e. The van der Waals surface area contributed by atoms with Gasteiger partial charge >= 0.3 is 5.97 Å². The Hall–Kier alpha value is -3.99. The summed E-state index contributed by atoms with van der Waals surface area (Å²) in [5, 5.41) is 4.37. The summed E-state index contributed by atoms with van der Waals surface area (Å²) in [5.74, 6) is -0.974. The average Bonchev–Trinajstić information content (AvgIpc) is 2.91. The maximum absolute atomic E-state index is 12.9. The monoisotopic (exact) mass is 611 g/mol. The normalized spacial score (nSPS) is 11.2. The van der Waals surface area contributed by atoms with E-state index in [0.717, 1.165) is 0 Å². The van der Waals surface area contributed by atoms with Crippen LogP contribution in [0.4, 0.5) is 5.69 Å². The van der Waals surface area contributed by atoms with Gasteiger partial charge in [-0.05, 0) is 66.7 Å². The molecule has 0 aromatic heterocycles. The summed E-state index contributed by atoms with van der Waals surface area (Å²) in [6, 6.07) is 25.2. The number of hydrogen-bond acceptors (Lipinski definition) is 6. The van der Waals surface area contributed by atoms with Gasteiger partial charge in [0.05, 0.1) is 27.9 Å². The number of amides is 1. The summed E-state index contributed by atoms with van der Waals surface area (Å²) in [7, 11) is -3.98. The molecule has 2 N–H and O–H groups in total. The summed E-state index contributed by atoms with van der Waals surface area (Å²) in [6.07, 6.45) is 1.32. The number of halogens is 2. The Morgan fingerprint density at radius 3 is 2.32 bits per heavy atom. The van der Waals surface area contributed by atoms with Crippen LogP contribution in [0.2, 0.25) is 5.02 Å². The van der Waals surface area contributed by atoms with Crippen molar-refractivity contribution >= 4 is 61.3 Å². The first-order chi connectivity index (χ1) is 18.2. The number of para-hydroxylation sites is 1. The summed E-state index contributed by atoms with van der Waals surface area (Å²) >= 11 is 9.21. The molecule has 4 rings (SSSR count). The Morgan fingerprint density at radius 2 is 1.58 bits per heavy atom. The highest BCUT2D eigenvalue weighted by atomic mass is 79.9. The molecule has 0 saturated heterocycles. The molecule has 4 aromatic rings. The van der Waals surface area contributed by atoms with E-state index in [2.05, 4.69) is 31.2 Å². The van der Waals surface area contributed by atoms with Gasteiger partial charge in [-0.3, -0.25) is 9.52 Å². The molecule has 0 bridgehead atoms. The van der Waals surface area contributed by atoms with Crippen molar-refractivity contribution < 1.29 is 22.7 Å². The van der Waals surface area contributed by atoms with Crippen LogP contribution in [0.3, 0.4) is 0 Å². The molecule has 0 aliphatic heterocycles. The molecular weight excluding hydrogens is 594 g/mol. The van der Waals surface area contributed by atoms with Crippen molar-refractivity contribution in [2.75, 3.05) is 4.72 Å². The van der Waals surface area contributed by atoms with E-state index in [4.69, 9.17) is 16.3 Å². The first-order valence-electron chi connectivity index (χ1n) is 11.0. The van der Waals surface area contributed by atoms with Crippen LogP contribution in [0.15, 0.2) is 112 Å². The van der Waals surface area contributed by atoms with E-state index in [1.807, 2.05) is 0 Å². The van der Waals surface area contributed by atoms with Gasteiger partial charge < -0.3 is 4.74 Å². The SMILES string of the molecule is O=C(Oc1ccc(Br)cc1C=NNC(=O)c1ccccc1NS(=O)(=O)c1ccc(Cl)cc1)c1ccccc1. The molecular formula is C27H19BrClN3O5S. The molecule has 0 aliphatic rings. The van der Waals surface area contributed by atoms with Crippen molar-refractivity contribution in [2.24, 2.45) is 5.10 Å². The minimum absolute atomic E-state index is 0.0117. The van der Waals surface area contributed by atoms with Gasteiger partial charge in [0.1, 0.15) is 5.75 Å². The Labute approximate surface area is 232 Å². The number of esters is 1. The molecule has 4 aromatic carbocycles. The largest absolute Gasteiger partial charge is 0.422 e. The van der Waals surface area contributed by atoms with Crippen LogP contribution in [0.1, 0.15) is 26.3 Å². The predicted molar refractivity (Wildman–Crippen MR) is 149 cm³/mol. The van der Waals surface area contributed by atoms with Gasteiger partial charge in [-0.25, -0.2) is 18.6 Å². The van der Waals surface area contributed by atoms with Crippen molar-refractivity contribution in [2.45, 2.75) is 4.90 Å². The Balaban J connectivity index is 1.50. The van der Waals surface area contributed by atoms with E-state index in [9.17, 15) is 18.0 Å². The summed E-state index contributed by atoms with van der Waals surface area (Å²) in [4.78, 5) is 25.3. The Kier molecular flexibility index (Phi) is 8.57. The quantitative estimate of drug-likeness (QED) is 0.112. The molecule has 0 heterocycles. The van der Waals surface area contributed by atoms with E-state index >= 15 is 0 Å². The van der Waals surface area contributed by atoms with Crippen LogP contribution in [-0.4, -0.2) is 26.5 Å². The van der Waals surface area contributed by atoms with Gasteiger partial charge in [0.15, 0.2) is 0 Å². The van der Waals surface area contributed by atoms with Crippen LogP contribution >= 0.6 is 27.5 Å². The number of anilines is 1. The molecule has 38 heavy (non-hydrogen) atoms. The third kappa shape index (κ3) is 6.86. The van der Waals surface area contributed by atoms with Crippen LogP contribution in [0.25, 0.3) is 0 Å².